The summed E-state index contributed by atoms with van der Waals surface area (Å²) < 4.78 is 5.34. The van der Waals surface area contributed by atoms with Gasteiger partial charge < -0.3 is 9.64 Å². The third-order valence-electron chi connectivity index (χ3n) is 7.95. The molecule has 0 saturated carbocycles. The number of benzene rings is 1. The molecule has 0 spiro atoms. The second-order valence-corrected chi connectivity index (χ2v) is 12.0. The molecule has 216 valence electrons. The lowest BCUT2D eigenvalue weighted by atomic mass is 10.0. The number of fused-ring (bicyclic) bond motifs is 1. The van der Waals surface area contributed by atoms with Gasteiger partial charge in [-0.3, -0.25) is 39.7 Å². The normalized spacial score (nSPS) is 24.4. The molecule has 1 aromatic rings. The fourth-order valence-electron chi connectivity index (χ4n) is 5.85. The molecule has 0 bridgehead atoms. The monoisotopic (exact) mass is 554 g/mol. The van der Waals surface area contributed by atoms with Crippen molar-refractivity contribution < 1.29 is 28.7 Å². The predicted octanol–water partition coefficient (Wildman–Crippen LogP) is 1.36. The second kappa shape index (κ2) is 11.2. The number of imide groups is 2. The number of carbonyl (C=O) groups excluding carboxylic acids is 5. The van der Waals surface area contributed by atoms with E-state index in [-0.39, 0.29) is 18.7 Å². The Kier molecular flexibility index (Phi) is 7.83. The molecule has 2 N–H and O–H groups in total. The first kappa shape index (κ1) is 28.0. The number of nitrogens with one attached hydrogen (secondary N) is 2. The van der Waals surface area contributed by atoms with Gasteiger partial charge in [0.1, 0.15) is 11.6 Å². The van der Waals surface area contributed by atoms with Crippen LogP contribution in [0.2, 0.25) is 0 Å². The van der Waals surface area contributed by atoms with E-state index in [2.05, 4.69) is 20.5 Å². The van der Waals surface area contributed by atoms with E-state index < -0.39 is 35.5 Å². The Balaban J connectivity index is 1.09. The molecule has 40 heavy (non-hydrogen) atoms. The zero-order chi connectivity index (χ0) is 28.6. The summed E-state index contributed by atoms with van der Waals surface area (Å²) in [7, 11) is 0. The summed E-state index contributed by atoms with van der Waals surface area (Å²) in [6.45, 7) is 11.5. The molecule has 0 radical (unpaired) electrons. The summed E-state index contributed by atoms with van der Waals surface area (Å²) in [6, 6.07) is 4.32. The van der Waals surface area contributed by atoms with Gasteiger partial charge in [0.15, 0.2) is 0 Å². The first-order chi connectivity index (χ1) is 19.0. The summed E-state index contributed by atoms with van der Waals surface area (Å²) in [5.41, 5.74) is 3.81. The number of hydrogen-bond acceptors (Lipinski definition) is 9. The summed E-state index contributed by atoms with van der Waals surface area (Å²) in [4.78, 5) is 67.6. The third-order valence-corrected chi connectivity index (χ3v) is 7.95. The van der Waals surface area contributed by atoms with E-state index in [1.165, 1.54) is 0 Å². The quantitative estimate of drug-likeness (QED) is 0.501. The highest BCUT2D eigenvalue weighted by Gasteiger charge is 2.44. The number of carbonyl (C=O) groups is 5. The smallest absolute Gasteiger partial charge is 0.422 e. The van der Waals surface area contributed by atoms with Crippen molar-refractivity contribution in [2.24, 2.45) is 5.92 Å². The van der Waals surface area contributed by atoms with Crippen LogP contribution in [0.3, 0.4) is 0 Å². The summed E-state index contributed by atoms with van der Waals surface area (Å²) in [5.74, 6) is -1.45. The van der Waals surface area contributed by atoms with Crippen molar-refractivity contribution in [2.75, 3.05) is 50.7 Å². The van der Waals surface area contributed by atoms with Gasteiger partial charge in [0, 0.05) is 51.4 Å². The van der Waals surface area contributed by atoms with Crippen LogP contribution in [-0.2, 0) is 14.3 Å². The van der Waals surface area contributed by atoms with Crippen LogP contribution >= 0.6 is 0 Å². The number of hydrogen-bond donors (Lipinski definition) is 2. The Labute approximate surface area is 233 Å². The minimum absolute atomic E-state index is 0.0985. The van der Waals surface area contributed by atoms with Crippen molar-refractivity contribution >= 4 is 35.4 Å². The lowest BCUT2D eigenvalue weighted by Gasteiger charge is -2.36. The average molecular weight is 555 g/mol. The highest BCUT2D eigenvalue weighted by atomic mass is 16.6. The van der Waals surface area contributed by atoms with E-state index in [9.17, 15) is 24.0 Å². The standard InChI is InChI=1S/C28H38N6O6/c1-28(2,3)40-27(39)30-33-11-9-18(17-33)8-10-31-12-14-32(15-13-31)19-4-5-20-21(16-19)26(38)34(25(20)37)22-6-7-23(35)29-24(22)36/h4-5,16,18,22H,6-15,17H2,1-3H3,(H,30,39)(H,29,35,36). The number of nitrogens with zero attached hydrogens (tertiary/aromatic N) is 4. The number of rotatable bonds is 6. The zero-order valence-electron chi connectivity index (χ0n) is 23.4. The maximum absolute atomic E-state index is 13.2. The first-order valence-electron chi connectivity index (χ1n) is 14.1. The van der Waals surface area contributed by atoms with Crippen molar-refractivity contribution in [2.45, 2.75) is 58.1 Å². The van der Waals surface area contributed by atoms with Gasteiger partial charge in [-0.05, 0) is 70.7 Å². The number of piperidine rings is 1. The van der Waals surface area contributed by atoms with Crippen LogP contribution in [-0.4, -0.2) is 102 Å². The molecule has 0 aliphatic carbocycles. The van der Waals surface area contributed by atoms with Gasteiger partial charge in [-0.1, -0.05) is 0 Å². The maximum Gasteiger partial charge on any atom is 0.422 e. The van der Waals surface area contributed by atoms with Crippen LogP contribution in [0.5, 0.6) is 0 Å². The maximum atomic E-state index is 13.2. The Morgan fingerprint density at radius 1 is 1.00 bits per heavy atom. The second-order valence-electron chi connectivity index (χ2n) is 12.0. The molecule has 5 rings (SSSR count). The van der Waals surface area contributed by atoms with Crippen LogP contribution < -0.4 is 15.6 Å². The summed E-state index contributed by atoms with van der Waals surface area (Å²) in [6.07, 6.45) is 1.92. The molecule has 5 amide bonds. The highest BCUT2D eigenvalue weighted by Crippen LogP contribution is 2.31. The zero-order valence-corrected chi connectivity index (χ0v) is 23.4. The van der Waals surface area contributed by atoms with Crippen molar-refractivity contribution in [1.82, 2.24) is 25.6 Å². The molecule has 4 aliphatic rings. The molecule has 2 unspecified atom stereocenters. The molecular formula is C28H38N6O6. The average Bonchev–Trinajstić information content (AvgIpc) is 3.43. The molecule has 2 atom stereocenters. The third kappa shape index (κ3) is 6.12. The van der Waals surface area contributed by atoms with Crippen LogP contribution in [0.1, 0.15) is 67.2 Å². The molecule has 12 heteroatoms. The van der Waals surface area contributed by atoms with Gasteiger partial charge in [-0.15, -0.1) is 0 Å². The molecule has 4 aliphatic heterocycles. The van der Waals surface area contributed by atoms with Gasteiger partial charge >= 0.3 is 6.09 Å². The number of ether oxygens (including phenoxy) is 1. The van der Waals surface area contributed by atoms with Gasteiger partial charge in [0.25, 0.3) is 11.8 Å². The Morgan fingerprint density at radius 3 is 2.42 bits per heavy atom. The van der Waals surface area contributed by atoms with E-state index in [1.807, 2.05) is 31.8 Å². The van der Waals surface area contributed by atoms with Crippen molar-refractivity contribution in [3.05, 3.63) is 29.3 Å². The molecule has 3 fully saturated rings. The molecular weight excluding hydrogens is 516 g/mol. The van der Waals surface area contributed by atoms with E-state index in [4.69, 9.17) is 4.74 Å². The molecule has 12 nitrogen and oxygen atoms in total. The molecule has 1 aromatic carbocycles. The first-order valence-corrected chi connectivity index (χ1v) is 14.1. The number of amides is 5. The number of piperazine rings is 1. The SMILES string of the molecule is CC(C)(C)OC(=O)NN1CCC(CCN2CCN(c3ccc4c(c3)C(=O)N(C3CCC(=O)NC3=O)C4=O)CC2)C1. The summed E-state index contributed by atoms with van der Waals surface area (Å²) >= 11 is 0. The van der Waals surface area contributed by atoms with Crippen LogP contribution in [0.15, 0.2) is 18.2 Å². The van der Waals surface area contributed by atoms with Crippen molar-refractivity contribution in [3.8, 4) is 0 Å². The summed E-state index contributed by atoms with van der Waals surface area (Å²) in [5, 5.41) is 4.17. The van der Waals surface area contributed by atoms with Crippen LogP contribution in [0, 0.1) is 5.92 Å². The molecule has 4 heterocycles. The van der Waals surface area contributed by atoms with E-state index in [0.29, 0.717) is 17.0 Å². The van der Waals surface area contributed by atoms with Crippen molar-refractivity contribution in [1.29, 1.82) is 0 Å². The Bertz CT molecular complexity index is 1200. The predicted molar refractivity (Wildman–Crippen MR) is 145 cm³/mol. The molecule has 3 saturated heterocycles. The molecule has 0 aromatic heterocycles. The highest BCUT2D eigenvalue weighted by molar-refractivity contribution is 6.23. The van der Waals surface area contributed by atoms with Crippen LogP contribution in [0.4, 0.5) is 10.5 Å². The number of anilines is 1. The Morgan fingerprint density at radius 2 is 1.73 bits per heavy atom. The largest absolute Gasteiger partial charge is 0.443 e. The van der Waals surface area contributed by atoms with E-state index >= 15 is 0 Å². The van der Waals surface area contributed by atoms with Gasteiger partial charge in [0.05, 0.1) is 11.1 Å². The minimum atomic E-state index is -0.961. The lowest BCUT2D eigenvalue weighted by molar-refractivity contribution is -0.136. The van der Waals surface area contributed by atoms with E-state index in [0.717, 1.165) is 69.2 Å². The fourth-order valence-corrected chi connectivity index (χ4v) is 5.85. The van der Waals surface area contributed by atoms with Gasteiger partial charge in [0.2, 0.25) is 11.8 Å². The Hall–Kier alpha value is -3.51. The topological polar surface area (TPSA) is 132 Å². The van der Waals surface area contributed by atoms with Crippen molar-refractivity contribution in [3.63, 3.8) is 0 Å². The minimum Gasteiger partial charge on any atom is -0.443 e. The van der Waals surface area contributed by atoms with Crippen LogP contribution in [0.25, 0.3) is 0 Å². The van der Waals surface area contributed by atoms with E-state index in [1.54, 1.807) is 12.1 Å². The fraction of sp³-hybridized carbons (Fsp3) is 0.607. The lowest BCUT2D eigenvalue weighted by Crippen LogP contribution is -2.54. The van der Waals surface area contributed by atoms with Gasteiger partial charge in [-0.2, -0.15) is 0 Å². The van der Waals surface area contributed by atoms with Gasteiger partial charge in [-0.25, -0.2) is 9.80 Å². The number of hydrazine groups is 1.